The molecule has 1 fully saturated rings. The van der Waals surface area contributed by atoms with Gasteiger partial charge in [-0.2, -0.15) is 0 Å². The van der Waals surface area contributed by atoms with E-state index in [2.05, 4.69) is 21.2 Å². The molecule has 1 atom stereocenters. The maximum Gasteiger partial charge on any atom is 0.252 e. The summed E-state index contributed by atoms with van der Waals surface area (Å²) in [5.41, 5.74) is 7.65. The Bertz CT molecular complexity index is 470. The third-order valence-corrected chi connectivity index (χ3v) is 4.85. The van der Waals surface area contributed by atoms with Crippen LogP contribution in [0.3, 0.4) is 0 Å². The molecule has 4 heteroatoms. The van der Waals surface area contributed by atoms with E-state index < -0.39 is 0 Å². The predicted molar refractivity (Wildman–Crippen MR) is 85.8 cm³/mol. The molecule has 0 saturated heterocycles. The summed E-state index contributed by atoms with van der Waals surface area (Å²) in [4.78, 5) is 12.4. The van der Waals surface area contributed by atoms with Crippen LogP contribution < -0.4 is 11.1 Å². The number of benzene rings is 1. The van der Waals surface area contributed by atoms with E-state index in [-0.39, 0.29) is 11.9 Å². The maximum atomic E-state index is 12.4. The first-order chi connectivity index (χ1) is 9.61. The smallest absolute Gasteiger partial charge is 0.252 e. The molecule has 0 aliphatic heterocycles. The quantitative estimate of drug-likeness (QED) is 0.883. The lowest BCUT2D eigenvalue weighted by Crippen LogP contribution is -2.46. The first kappa shape index (κ1) is 15.5. The van der Waals surface area contributed by atoms with Gasteiger partial charge in [0, 0.05) is 17.1 Å². The minimum Gasteiger partial charge on any atom is -0.348 e. The molecule has 3 N–H and O–H groups in total. The molecule has 1 unspecified atom stereocenters. The normalized spacial score (nSPS) is 17.8. The summed E-state index contributed by atoms with van der Waals surface area (Å²) in [7, 11) is 0. The van der Waals surface area contributed by atoms with Crippen molar-refractivity contribution in [3.8, 4) is 0 Å². The van der Waals surface area contributed by atoms with E-state index in [1.54, 1.807) is 0 Å². The molecule has 0 aromatic heterocycles. The van der Waals surface area contributed by atoms with Crippen LogP contribution in [-0.4, -0.2) is 18.5 Å². The van der Waals surface area contributed by atoms with E-state index in [1.807, 2.05) is 25.1 Å². The van der Waals surface area contributed by atoms with Crippen LogP contribution in [0.5, 0.6) is 0 Å². The number of nitrogens with one attached hydrogen (secondary N) is 1. The molecule has 1 aliphatic rings. The van der Waals surface area contributed by atoms with Gasteiger partial charge in [-0.15, -0.1) is 0 Å². The van der Waals surface area contributed by atoms with Crippen molar-refractivity contribution >= 4 is 21.8 Å². The number of amides is 1. The molecule has 1 aromatic rings. The largest absolute Gasteiger partial charge is 0.348 e. The summed E-state index contributed by atoms with van der Waals surface area (Å²) in [6.45, 7) is 2.50. The number of halogens is 1. The Morgan fingerprint density at radius 2 is 2.10 bits per heavy atom. The number of rotatable bonds is 4. The van der Waals surface area contributed by atoms with Crippen molar-refractivity contribution in [2.24, 2.45) is 11.7 Å². The third-order valence-electron chi connectivity index (χ3n) is 4.16. The minimum absolute atomic E-state index is 0.0263. The number of aryl methyl sites for hydroxylation is 1. The van der Waals surface area contributed by atoms with Crippen molar-refractivity contribution < 1.29 is 4.79 Å². The summed E-state index contributed by atoms with van der Waals surface area (Å²) in [5.74, 6) is 0.503. The van der Waals surface area contributed by atoms with Gasteiger partial charge >= 0.3 is 0 Å². The number of carbonyl (C=O) groups is 1. The van der Waals surface area contributed by atoms with Crippen molar-refractivity contribution in [1.29, 1.82) is 0 Å². The van der Waals surface area contributed by atoms with E-state index in [1.165, 1.54) is 32.1 Å². The highest BCUT2D eigenvalue weighted by atomic mass is 79.9. The summed E-state index contributed by atoms with van der Waals surface area (Å²) in [5, 5.41) is 3.13. The fraction of sp³-hybridized carbons (Fsp3) is 0.562. The average Bonchev–Trinajstić information content (AvgIpc) is 2.48. The highest BCUT2D eigenvalue weighted by Crippen LogP contribution is 2.26. The molecule has 1 aromatic carbocycles. The minimum atomic E-state index is -0.0263. The van der Waals surface area contributed by atoms with E-state index in [4.69, 9.17) is 5.73 Å². The summed E-state index contributed by atoms with van der Waals surface area (Å²) < 4.78 is 0.833. The predicted octanol–water partition coefficient (Wildman–Crippen LogP) is 3.39. The fourth-order valence-corrected chi connectivity index (χ4v) is 3.39. The zero-order valence-electron chi connectivity index (χ0n) is 12.0. The molecule has 1 aliphatic carbocycles. The third kappa shape index (κ3) is 3.83. The second-order valence-electron chi connectivity index (χ2n) is 5.70. The van der Waals surface area contributed by atoms with E-state index in [0.717, 1.165) is 10.0 Å². The monoisotopic (exact) mass is 338 g/mol. The van der Waals surface area contributed by atoms with E-state index in [0.29, 0.717) is 18.0 Å². The van der Waals surface area contributed by atoms with Gasteiger partial charge in [0.25, 0.3) is 5.91 Å². The summed E-state index contributed by atoms with van der Waals surface area (Å²) in [6, 6.07) is 5.91. The van der Waals surface area contributed by atoms with Gasteiger partial charge in [0.2, 0.25) is 0 Å². The Balaban J connectivity index is 2.06. The number of hydrogen-bond acceptors (Lipinski definition) is 2. The number of carbonyl (C=O) groups excluding carboxylic acids is 1. The van der Waals surface area contributed by atoms with Gasteiger partial charge in [-0.25, -0.2) is 0 Å². The first-order valence-corrected chi connectivity index (χ1v) is 8.18. The number of hydrogen-bond donors (Lipinski definition) is 2. The maximum absolute atomic E-state index is 12.4. The van der Waals surface area contributed by atoms with Crippen LogP contribution in [0.15, 0.2) is 22.7 Å². The zero-order valence-corrected chi connectivity index (χ0v) is 13.6. The van der Waals surface area contributed by atoms with Crippen molar-refractivity contribution in [3.63, 3.8) is 0 Å². The van der Waals surface area contributed by atoms with Gasteiger partial charge in [0.05, 0.1) is 5.56 Å². The van der Waals surface area contributed by atoms with Crippen LogP contribution in [0.25, 0.3) is 0 Å². The van der Waals surface area contributed by atoms with Crippen LogP contribution in [0.2, 0.25) is 0 Å². The molecule has 0 radical (unpaired) electrons. The van der Waals surface area contributed by atoms with Crippen LogP contribution in [-0.2, 0) is 0 Å². The second-order valence-corrected chi connectivity index (χ2v) is 6.55. The topological polar surface area (TPSA) is 55.1 Å². The molecule has 0 spiro atoms. The average molecular weight is 339 g/mol. The van der Waals surface area contributed by atoms with Crippen molar-refractivity contribution in [2.45, 2.75) is 45.1 Å². The Morgan fingerprint density at radius 3 is 2.75 bits per heavy atom. The zero-order chi connectivity index (χ0) is 14.5. The second kappa shape index (κ2) is 7.23. The lowest BCUT2D eigenvalue weighted by molar-refractivity contribution is 0.0914. The molecular weight excluding hydrogens is 316 g/mol. The SMILES string of the molecule is Cc1ccc(Br)c(C(=O)NC(CN)C2CCCCC2)c1. The lowest BCUT2D eigenvalue weighted by atomic mass is 9.84. The summed E-state index contributed by atoms with van der Waals surface area (Å²) >= 11 is 3.45. The lowest BCUT2D eigenvalue weighted by Gasteiger charge is -2.30. The molecular formula is C16H23BrN2O. The van der Waals surface area contributed by atoms with Crippen molar-refractivity contribution in [1.82, 2.24) is 5.32 Å². The molecule has 2 rings (SSSR count). The molecule has 1 saturated carbocycles. The van der Waals surface area contributed by atoms with Gasteiger partial charge in [0.15, 0.2) is 0 Å². The highest BCUT2D eigenvalue weighted by molar-refractivity contribution is 9.10. The molecule has 3 nitrogen and oxygen atoms in total. The molecule has 110 valence electrons. The molecule has 0 heterocycles. The van der Waals surface area contributed by atoms with Crippen molar-refractivity contribution in [2.75, 3.05) is 6.54 Å². The number of nitrogens with two attached hydrogens (primary N) is 1. The van der Waals surface area contributed by atoms with Gasteiger partial charge in [-0.05, 0) is 53.7 Å². The van der Waals surface area contributed by atoms with Crippen LogP contribution in [0.1, 0.15) is 48.0 Å². The molecule has 1 amide bonds. The van der Waals surface area contributed by atoms with E-state index in [9.17, 15) is 4.79 Å². The molecule has 20 heavy (non-hydrogen) atoms. The van der Waals surface area contributed by atoms with Crippen LogP contribution >= 0.6 is 15.9 Å². The van der Waals surface area contributed by atoms with Gasteiger partial charge in [-0.3, -0.25) is 4.79 Å². The van der Waals surface area contributed by atoms with Gasteiger partial charge < -0.3 is 11.1 Å². The standard InChI is InChI=1S/C16H23BrN2O/c1-11-7-8-14(17)13(9-11)16(20)19-15(10-18)12-5-3-2-4-6-12/h7-9,12,15H,2-6,10,18H2,1H3,(H,19,20). The first-order valence-electron chi connectivity index (χ1n) is 7.39. The Morgan fingerprint density at radius 1 is 1.40 bits per heavy atom. The highest BCUT2D eigenvalue weighted by Gasteiger charge is 2.24. The Hall–Kier alpha value is -0.870. The van der Waals surface area contributed by atoms with Crippen LogP contribution in [0, 0.1) is 12.8 Å². The fourth-order valence-electron chi connectivity index (χ4n) is 2.97. The summed E-state index contributed by atoms with van der Waals surface area (Å²) in [6.07, 6.45) is 6.18. The van der Waals surface area contributed by atoms with Gasteiger partial charge in [0.1, 0.15) is 0 Å². The van der Waals surface area contributed by atoms with Crippen LogP contribution in [0.4, 0.5) is 0 Å². The van der Waals surface area contributed by atoms with Gasteiger partial charge in [-0.1, -0.05) is 30.9 Å². The Labute approximate surface area is 129 Å². The van der Waals surface area contributed by atoms with E-state index >= 15 is 0 Å². The van der Waals surface area contributed by atoms with Crippen molar-refractivity contribution in [3.05, 3.63) is 33.8 Å². The Kier molecular flexibility index (Phi) is 5.61. The molecule has 0 bridgehead atoms.